The van der Waals surface area contributed by atoms with E-state index in [-0.39, 0.29) is 28.7 Å². The largest absolute Gasteiger partial charge is 0.460 e. The predicted molar refractivity (Wildman–Crippen MR) is 102 cm³/mol. The van der Waals surface area contributed by atoms with Crippen LogP contribution in [0, 0.1) is 6.92 Å². The van der Waals surface area contributed by atoms with E-state index in [1.807, 2.05) is 0 Å². The molecule has 0 radical (unpaired) electrons. The van der Waals surface area contributed by atoms with E-state index in [2.05, 4.69) is 21.2 Å². The Labute approximate surface area is 162 Å². The van der Waals surface area contributed by atoms with Crippen molar-refractivity contribution in [1.82, 2.24) is 0 Å². The van der Waals surface area contributed by atoms with Gasteiger partial charge < -0.3 is 20.5 Å². The van der Waals surface area contributed by atoms with Gasteiger partial charge in [0.1, 0.15) is 11.6 Å². The number of nitrogens with two attached hydrogens (primary N) is 1. The molecule has 1 aromatic carbocycles. The van der Waals surface area contributed by atoms with Crippen LogP contribution in [0.1, 0.15) is 36.0 Å². The lowest BCUT2D eigenvalue weighted by molar-refractivity contribution is 0.0389. The molecule has 3 N–H and O–H groups in total. The number of benzene rings is 1. The van der Waals surface area contributed by atoms with E-state index in [1.54, 1.807) is 31.2 Å². The molecule has 1 heterocycles. The zero-order valence-corrected chi connectivity index (χ0v) is 16.5. The molecule has 0 saturated heterocycles. The average molecular weight is 441 g/mol. The van der Waals surface area contributed by atoms with Crippen LogP contribution in [-0.2, 0) is 9.47 Å². The molecule has 7 nitrogen and oxygen atoms in total. The summed E-state index contributed by atoms with van der Waals surface area (Å²) in [7, 11) is 1.48. The second-order valence-electron chi connectivity index (χ2n) is 5.19. The van der Waals surface area contributed by atoms with Crippen LogP contribution in [0.25, 0.3) is 0 Å². The molecule has 0 bridgehead atoms. The summed E-state index contributed by atoms with van der Waals surface area (Å²) in [6.45, 7) is 1.86. The maximum absolute atomic E-state index is 12.5. The number of hydrogen-bond acceptors (Lipinski definition) is 6. The smallest absolute Gasteiger partial charge is 0.341 e. The lowest BCUT2D eigenvalue weighted by atomic mass is 10.1. The van der Waals surface area contributed by atoms with Crippen LogP contribution >= 0.6 is 27.3 Å². The quantitative estimate of drug-likeness (QED) is 0.508. The number of nitrogens with one attached hydrogen (secondary N) is 1. The van der Waals surface area contributed by atoms with Crippen LogP contribution in [0.2, 0.25) is 0 Å². The van der Waals surface area contributed by atoms with Gasteiger partial charge >= 0.3 is 5.97 Å². The topological polar surface area (TPSA) is 108 Å². The normalized spacial score (nSPS) is 10.4. The third-order valence-electron chi connectivity index (χ3n) is 3.44. The molecular weight excluding hydrogens is 424 g/mol. The van der Waals surface area contributed by atoms with Gasteiger partial charge in [0.05, 0.1) is 22.6 Å². The predicted octanol–water partition coefficient (Wildman–Crippen LogP) is 2.97. The van der Waals surface area contributed by atoms with Crippen LogP contribution in [0.15, 0.2) is 28.7 Å². The third kappa shape index (κ3) is 4.48. The Bertz CT molecular complexity index is 850. The van der Waals surface area contributed by atoms with E-state index in [0.717, 1.165) is 11.3 Å². The highest BCUT2D eigenvalue weighted by atomic mass is 79.9. The summed E-state index contributed by atoms with van der Waals surface area (Å²) in [4.78, 5) is 36.7. The number of hydrogen-bond donors (Lipinski definition) is 2. The highest BCUT2D eigenvalue weighted by Gasteiger charge is 2.26. The van der Waals surface area contributed by atoms with Crippen molar-refractivity contribution in [3.63, 3.8) is 0 Å². The molecule has 0 fully saturated rings. The fraction of sp³-hybridized carbons (Fsp3) is 0.235. The Kier molecular flexibility index (Phi) is 6.90. The fourth-order valence-electron chi connectivity index (χ4n) is 2.19. The standard InChI is InChI=1S/C17H17BrN2O5S/c1-9-12(17(23)25-8-7-24-2)16(26-13(9)14(19)21)20-15(22)10-5-3-4-6-11(10)18/h3-6H,7-8H2,1-2H3,(H2,19,21)(H,20,22). The van der Waals surface area contributed by atoms with E-state index in [0.29, 0.717) is 15.6 Å². The minimum atomic E-state index is -0.681. The zero-order chi connectivity index (χ0) is 19.3. The molecular formula is C17H17BrN2O5S. The molecule has 9 heteroatoms. The van der Waals surface area contributed by atoms with Gasteiger partial charge in [0.15, 0.2) is 0 Å². The molecule has 0 atom stereocenters. The molecule has 2 amide bonds. The number of rotatable bonds is 7. The lowest BCUT2D eigenvalue weighted by Gasteiger charge is -2.09. The summed E-state index contributed by atoms with van der Waals surface area (Å²) in [5.74, 6) is -1.77. The number of amides is 2. The highest BCUT2D eigenvalue weighted by Crippen LogP contribution is 2.34. The van der Waals surface area contributed by atoms with Gasteiger partial charge in [-0.05, 0) is 40.5 Å². The number of thiophene rings is 1. The summed E-state index contributed by atoms with van der Waals surface area (Å²) in [5.41, 5.74) is 6.23. The fourth-order valence-corrected chi connectivity index (χ4v) is 3.69. The van der Waals surface area contributed by atoms with Gasteiger partial charge in [0, 0.05) is 11.6 Å². The van der Waals surface area contributed by atoms with Crippen molar-refractivity contribution in [3.8, 4) is 0 Å². The molecule has 0 spiro atoms. The first-order valence-corrected chi connectivity index (χ1v) is 9.12. The van der Waals surface area contributed by atoms with E-state index in [9.17, 15) is 14.4 Å². The van der Waals surface area contributed by atoms with Crippen LogP contribution in [-0.4, -0.2) is 38.1 Å². The van der Waals surface area contributed by atoms with E-state index >= 15 is 0 Å². The van der Waals surface area contributed by atoms with Crippen LogP contribution in [0.5, 0.6) is 0 Å². The average Bonchev–Trinajstić information content (AvgIpc) is 2.91. The van der Waals surface area contributed by atoms with E-state index < -0.39 is 17.8 Å². The van der Waals surface area contributed by atoms with Gasteiger partial charge in [-0.15, -0.1) is 11.3 Å². The number of esters is 1. The highest BCUT2D eigenvalue weighted by molar-refractivity contribution is 9.10. The summed E-state index contributed by atoms with van der Waals surface area (Å²) in [5, 5.41) is 2.87. The molecule has 26 heavy (non-hydrogen) atoms. The number of carbonyl (C=O) groups is 3. The Morgan fingerprint density at radius 2 is 1.92 bits per heavy atom. The lowest BCUT2D eigenvalue weighted by Crippen LogP contribution is -2.16. The Hall–Kier alpha value is -2.23. The van der Waals surface area contributed by atoms with Gasteiger partial charge in [-0.1, -0.05) is 12.1 Å². The minimum absolute atomic E-state index is 0.0497. The van der Waals surface area contributed by atoms with E-state index in [1.165, 1.54) is 7.11 Å². The van der Waals surface area contributed by atoms with Gasteiger partial charge in [0.25, 0.3) is 11.8 Å². The van der Waals surface area contributed by atoms with Crippen molar-refractivity contribution >= 4 is 50.1 Å². The third-order valence-corrected chi connectivity index (χ3v) is 5.35. The second kappa shape index (κ2) is 8.93. The number of halogens is 1. The van der Waals surface area contributed by atoms with Crippen molar-refractivity contribution in [2.75, 3.05) is 25.6 Å². The Balaban J connectivity index is 2.36. The molecule has 0 unspecified atom stereocenters. The maximum Gasteiger partial charge on any atom is 0.341 e. The number of primary amides is 1. The number of anilines is 1. The molecule has 1 aromatic heterocycles. The van der Waals surface area contributed by atoms with Crippen molar-refractivity contribution in [2.45, 2.75) is 6.92 Å². The molecule has 2 aromatic rings. The van der Waals surface area contributed by atoms with Crippen LogP contribution in [0.4, 0.5) is 5.00 Å². The van der Waals surface area contributed by atoms with Gasteiger partial charge in [-0.25, -0.2) is 4.79 Å². The van der Waals surface area contributed by atoms with Crippen LogP contribution in [0.3, 0.4) is 0 Å². The number of ether oxygens (including phenoxy) is 2. The molecule has 2 rings (SSSR count). The maximum atomic E-state index is 12.5. The molecule has 0 aliphatic heterocycles. The first kappa shape index (κ1) is 20.1. The first-order valence-electron chi connectivity index (χ1n) is 7.52. The molecule has 0 aliphatic carbocycles. The van der Waals surface area contributed by atoms with Gasteiger partial charge in [-0.3, -0.25) is 9.59 Å². The van der Waals surface area contributed by atoms with Crippen molar-refractivity contribution in [3.05, 3.63) is 50.3 Å². The Morgan fingerprint density at radius 3 is 2.54 bits per heavy atom. The summed E-state index contributed by atoms with van der Waals surface area (Å²) < 4.78 is 10.6. The first-order chi connectivity index (χ1) is 12.4. The molecule has 0 saturated carbocycles. The Morgan fingerprint density at radius 1 is 1.23 bits per heavy atom. The van der Waals surface area contributed by atoms with Crippen molar-refractivity contribution < 1.29 is 23.9 Å². The zero-order valence-electron chi connectivity index (χ0n) is 14.1. The van der Waals surface area contributed by atoms with Crippen molar-refractivity contribution in [1.29, 1.82) is 0 Å². The van der Waals surface area contributed by atoms with Gasteiger partial charge in [0.2, 0.25) is 0 Å². The van der Waals surface area contributed by atoms with Crippen molar-refractivity contribution in [2.24, 2.45) is 5.73 Å². The monoisotopic (exact) mass is 440 g/mol. The second-order valence-corrected chi connectivity index (χ2v) is 7.06. The summed E-state index contributed by atoms with van der Waals surface area (Å²) >= 11 is 4.24. The number of carbonyl (C=O) groups excluding carboxylic acids is 3. The molecule has 0 aliphatic rings. The van der Waals surface area contributed by atoms with Crippen LogP contribution < -0.4 is 11.1 Å². The SMILES string of the molecule is COCCOC(=O)c1c(NC(=O)c2ccccc2Br)sc(C(N)=O)c1C. The van der Waals surface area contributed by atoms with Gasteiger partial charge in [-0.2, -0.15) is 0 Å². The number of methoxy groups -OCH3 is 1. The minimum Gasteiger partial charge on any atom is -0.460 e. The van der Waals surface area contributed by atoms with E-state index in [4.69, 9.17) is 15.2 Å². The molecule has 138 valence electrons. The summed E-state index contributed by atoms with van der Waals surface area (Å²) in [6, 6.07) is 6.85. The summed E-state index contributed by atoms with van der Waals surface area (Å²) in [6.07, 6.45) is 0.